The average Bonchev–Trinajstić information content (AvgIpc) is 3.30. The fraction of sp³-hybridized carbons (Fsp3) is 0.269. The number of ether oxygens (including phenoxy) is 3. The van der Waals surface area contributed by atoms with Gasteiger partial charge in [0.1, 0.15) is 6.04 Å². The molecule has 0 radical (unpaired) electrons. The second-order valence-electron chi connectivity index (χ2n) is 8.11. The Morgan fingerprint density at radius 3 is 2.34 bits per heavy atom. The number of hydrogen-bond acceptors (Lipinski definition) is 5. The van der Waals surface area contributed by atoms with Crippen LogP contribution in [0.15, 0.2) is 66.7 Å². The van der Waals surface area contributed by atoms with Gasteiger partial charge in [-0.3, -0.25) is 9.69 Å². The van der Waals surface area contributed by atoms with Gasteiger partial charge in [0, 0.05) is 12.1 Å². The average molecular weight is 431 g/mol. The number of carbonyl (C=O) groups excluding carboxylic acids is 1. The zero-order valence-electron chi connectivity index (χ0n) is 18.2. The quantitative estimate of drug-likeness (QED) is 0.666. The number of methoxy groups -OCH3 is 1. The fourth-order valence-corrected chi connectivity index (χ4v) is 4.64. The van der Waals surface area contributed by atoms with Crippen molar-refractivity contribution in [3.63, 3.8) is 0 Å². The molecule has 1 unspecified atom stereocenters. The first kappa shape index (κ1) is 20.4. The third-order valence-corrected chi connectivity index (χ3v) is 6.20. The lowest BCUT2D eigenvalue weighted by molar-refractivity contribution is -0.127. The van der Waals surface area contributed by atoms with Crippen LogP contribution in [-0.4, -0.2) is 38.3 Å². The molecule has 32 heavy (non-hydrogen) atoms. The number of benzene rings is 3. The van der Waals surface area contributed by atoms with Crippen molar-refractivity contribution in [2.75, 3.05) is 27.5 Å². The number of fused-ring (bicyclic) bond motifs is 2. The van der Waals surface area contributed by atoms with Crippen LogP contribution in [0.4, 0.5) is 0 Å². The lowest BCUT2D eigenvalue weighted by Gasteiger charge is -2.35. The number of nitrogens with zero attached hydrogens (tertiary/aromatic N) is 1. The molecule has 0 saturated heterocycles. The van der Waals surface area contributed by atoms with Gasteiger partial charge in [0.15, 0.2) is 11.5 Å². The molecule has 6 nitrogen and oxygen atoms in total. The number of rotatable bonds is 5. The summed E-state index contributed by atoms with van der Waals surface area (Å²) in [7, 11) is 3.58. The Hall–Kier alpha value is -3.51. The van der Waals surface area contributed by atoms with E-state index >= 15 is 0 Å². The SMILES string of the molecule is COc1c2c(cc3c1C(C(=O)NC(c1ccccc1)c1ccccc1)N(C)CC3)OCO2. The van der Waals surface area contributed by atoms with Gasteiger partial charge in [0.05, 0.1) is 13.2 Å². The van der Waals surface area contributed by atoms with Gasteiger partial charge in [-0.2, -0.15) is 0 Å². The van der Waals surface area contributed by atoms with E-state index in [1.54, 1.807) is 7.11 Å². The third kappa shape index (κ3) is 3.56. The maximum Gasteiger partial charge on any atom is 0.242 e. The molecule has 1 atom stereocenters. The van der Waals surface area contributed by atoms with E-state index in [0.29, 0.717) is 17.2 Å². The molecular weight excluding hydrogens is 404 g/mol. The summed E-state index contributed by atoms with van der Waals surface area (Å²) >= 11 is 0. The minimum atomic E-state index is -0.502. The van der Waals surface area contributed by atoms with Crippen LogP contribution in [0.5, 0.6) is 17.2 Å². The molecule has 0 bridgehead atoms. The van der Waals surface area contributed by atoms with Gasteiger partial charge >= 0.3 is 0 Å². The van der Waals surface area contributed by atoms with E-state index in [1.165, 1.54) is 0 Å². The van der Waals surface area contributed by atoms with Crippen molar-refractivity contribution in [3.8, 4) is 17.2 Å². The van der Waals surface area contributed by atoms with Crippen molar-refractivity contribution in [1.82, 2.24) is 10.2 Å². The van der Waals surface area contributed by atoms with Crippen molar-refractivity contribution < 1.29 is 19.0 Å². The molecule has 1 amide bonds. The number of carbonyl (C=O) groups is 1. The van der Waals surface area contributed by atoms with Gasteiger partial charge in [-0.15, -0.1) is 0 Å². The molecule has 2 aliphatic heterocycles. The van der Waals surface area contributed by atoms with E-state index in [9.17, 15) is 4.79 Å². The van der Waals surface area contributed by atoms with E-state index in [1.807, 2.05) is 73.8 Å². The van der Waals surface area contributed by atoms with Crippen LogP contribution >= 0.6 is 0 Å². The highest BCUT2D eigenvalue weighted by Gasteiger charge is 2.38. The minimum absolute atomic E-state index is 0.0803. The summed E-state index contributed by atoms with van der Waals surface area (Å²) < 4.78 is 17.0. The molecule has 164 valence electrons. The molecule has 0 aliphatic carbocycles. The topological polar surface area (TPSA) is 60.0 Å². The lowest BCUT2D eigenvalue weighted by atomic mass is 9.90. The van der Waals surface area contributed by atoms with Gasteiger partial charge < -0.3 is 19.5 Å². The van der Waals surface area contributed by atoms with Crippen LogP contribution < -0.4 is 19.5 Å². The van der Waals surface area contributed by atoms with Crippen LogP contribution in [0.2, 0.25) is 0 Å². The smallest absolute Gasteiger partial charge is 0.242 e. The van der Waals surface area contributed by atoms with Gasteiger partial charge in [-0.1, -0.05) is 60.7 Å². The highest BCUT2D eigenvalue weighted by Crippen LogP contribution is 2.49. The molecular formula is C26H26N2O4. The molecule has 0 spiro atoms. The number of likely N-dealkylation sites (N-methyl/N-ethyl adjacent to an activating group) is 1. The summed E-state index contributed by atoms with van der Waals surface area (Å²) in [5.74, 6) is 1.75. The first-order valence-electron chi connectivity index (χ1n) is 10.8. The zero-order chi connectivity index (χ0) is 22.1. The predicted molar refractivity (Wildman–Crippen MR) is 121 cm³/mol. The van der Waals surface area contributed by atoms with E-state index in [4.69, 9.17) is 14.2 Å². The molecule has 6 heteroatoms. The molecule has 2 aliphatic rings. The Morgan fingerprint density at radius 2 is 1.72 bits per heavy atom. The maximum atomic E-state index is 13.8. The Bertz CT molecular complexity index is 1080. The van der Waals surface area contributed by atoms with Gasteiger partial charge in [-0.05, 0) is 36.2 Å². The summed E-state index contributed by atoms with van der Waals surface area (Å²) in [6.07, 6.45) is 0.809. The molecule has 1 N–H and O–H groups in total. The molecule has 0 fully saturated rings. The number of nitrogens with one attached hydrogen (secondary N) is 1. The summed E-state index contributed by atoms with van der Waals surface area (Å²) in [6.45, 7) is 0.917. The summed E-state index contributed by atoms with van der Waals surface area (Å²) in [4.78, 5) is 15.9. The second kappa shape index (κ2) is 8.55. The zero-order valence-corrected chi connectivity index (χ0v) is 18.2. The Balaban J connectivity index is 1.54. The van der Waals surface area contributed by atoms with Gasteiger partial charge in [-0.25, -0.2) is 0 Å². The highest BCUT2D eigenvalue weighted by atomic mass is 16.7. The van der Waals surface area contributed by atoms with Crippen molar-refractivity contribution in [1.29, 1.82) is 0 Å². The first-order valence-corrected chi connectivity index (χ1v) is 10.8. The van der Waals surface area contributed by atoms with Crippen LogP contribution in [0.3, 0.4) is 0 Å². The Labute approximate surface area is 187 Å². The van der Waals surface area contributed by atoms with Crippen molar-refractivity contribution in [3.05, 3.63) is 89.0 Å². The van der Waals surface area contributed by atoms with Crippen molar-refractivity contribution >= 4 is 5.91 Å². The Kier molecular flexibility index (Phi) is 5.45. The fourth-order valence-electron chi connectivity index (χ4n) is 4.64. The molecule has 3 aromatic carbocycles. The molecule has 2 heterocycles. The monoisotopic (exact) mass is 430 g/mol. The van der Waals surface area contributed by atoms with Crippen LogP contribution in [0, 0.1) is 0 Å². The summed E-state index contributed by atoms with van der Waals surface area (Å²) in [5, 5.41) is 3.30. The standard InChI is InChI=1S/C26H26N2O4/c1-28-14-13-19-15-20-24(32-16-31-20)25(30-2)21(19)23(28)26(29)27-22(17-9-5-3-6-10-17)18-11-7-4-8-12-18/h3-12,15,22-23H,13-14,16H2,1-2H3,(H,27,29). The van der Waals surface area contributed by atoms with E-state index in [2.05, 4.69) is 10.2 Å². The van der Waals surface area contributed by atoms with Crippen LogP contribution in [0.25, 0.3) is 0 Å². The van der Waals surface area contributed by atoms with Crippen molar-refractivity contribution in [2.45, 2.75) is 18.5 Å². The van der Waals surface area contributed by atoms with E-state index < -0.39 is 6.04 Å². The third-order valence-electron chi connectivity index (χ3n) is 6.20. The number of hydrogen-bond donors (Lipinski definition) is 1. The lowest BCUT2D eigenvalue weighted by Crippen LogP contribution is -2.44. The van der Waals surface area contributed by atoms with Gasteiger partial charge in [0.2, 0.25) is 18.4 Å². The largest absolute Gasteiger partial charge is 0.492 e. The first-order chi connectivity index (χ1) is 15.7. The second-order valence-corrected chi connectivity index (χ2v) is 8.11. The number of amides is 1. The molecule has 0 aromatic heterocycles. The predicted octanol–water partition coefficient (Wildman–Crippen LogP) is 3.86. The molecule has 3 aromatic rings. The highest BCUT2D eigenvalue weighted by molar-refractivity contribution is 5.86. The van der Waals surface area contributed by atoms with Crippen LogP contribution in [0.1, 0.15) is 34.3 Å². The van der Waals surface area contributed by atoms with Crippen LogP contribution in [-0.2, 0) is 11.2 Å². The van der Waals surface area contributed by atoms with E-state index in [-0.39, 0.29) is 18.7 Å². The normalized spacial score (nSPS) is 17.2. The molecule has 5 rings (SSSR count). The summed E-state index contributed by atoms with van der Waals surface area (Å²) in [6, 6.07) is 21.3. The maximum absolute atomic E-state index is 13.8. The molecule has 0 saturated carbocycles. The Morgan fingerprint density at radius 1 is 1.06 bits per heavy atom. The van der Waals surface area contributed by atoms with Crippen molar-refractivity contribution in [2.24, 2.45) is 0 Å². The van der Waals surface area contributed by atoms with E-state index in [0.717, 1.165) is 35.2 Å². The summed E-state index contributed by atoms with van der Waals surface area (Å²) in [5.41, 5.74) is 3.97. The van der Waals surface area contributed by atoms with Gasteiger partial charge in [0.25, 0.3) is 0 Å². The minimum Gasteiger partial charge on any atom is -0.492 e.